The Labute approximate surface area is 162 Å². The maximum absolute atomic E-state index is 13.8. The molecule has 1 unspecified atom stereocenters. The molecule has 3 N–H and O–H groups in total. The predicted octanol–water partition coefficient (Wildman–Crippen LogP) is 2.12. The minimum Gasteiger partial charge on any atom is -0.452 e. The van der Waals surface area contributed by atoms with E-state index in [9.17, 15) is 22.4 Å². The van der Waals surface area contributed by atoms with E-state index in [0.29, 0.717) is 0 Å². The summed E-state index contributed by atoms with van der Waals surface area (Å²) in [5.41, 5.74) is 2.46. The van der Waals surface area contributed by atoms with Gasteiger partial charge in [0.1, 0.15) is 5.82 Å². The first-order valence-corrected chi connectivity index (χ1v) is 9.89. The molecule has 28 heavy (non-hydrogen) atoms. The van der Waals surface area contributed by atoms with Crippen LogP contribution in [0.25, 0.3) is 0 Å². The molecular weight excluding hydrogens is 387 g/mol. The van der Waals surface area contributed by atoms with Gasteiger partial charge in [-0.05, 0) is 55.7 Å². The fraction of sp³-hybridized carbons (Fsp3) is 0.263. The number of nitrogens with two attached hydrogens (primary N) is 1. The lowest BCUT2D eigenvalue weighted by atomic mass is 10.0. The van der Waals surface area contributed by atoms with Crippen molar-refractivity contribution in [1.82, 2.24) is 5.32 Å². The zero-order valence-electron chi connectivity index (χ0n) is 15.7. The molecule has 0 saturated carbocycles. The molecular formula is C19H21FN2O5S. The number of amides is 1. The van der Waals surface area contributed by atoms with Crippen molar-refractivity contribution in [2.45, 2.75) is 31.7 Å². The molecule has 1 atom stereocenters. The van der Waals surface area contributed by atoms with E-state index >= 15 is 0 Å². The van der Waals surface area contributed by atoms with Crippen LogP contribution < -0.4 is 10.5 Å². The third-order valence-electron chi connectivity index (χ3n) is 4.23. The van der Waals surface area contributed by atoms with Crippen molar-refractivity contribution in [1.29, 1.82) is 0 Å². The maximum Gasteiger partial charge on any atom is 0.341 e. The number of nitrogens with one attached hydrogen (secondary N) is 1. The first-order chi connectivity index (χ1) is 13.0. The molecule has 150 valence electrons. The molecule has 1 amide bonds. The van der Waals surface area contributed by atoms with Gasteiger partial charge in [-0.15, -0.1) is 0 Å². The van der Waals surface area contributed by atoms with Gasteiger partial charge in [0.25, 0.3) is 5.91 Å². The summed E-state index contributed by atoms with van der Waals surface area (Å²) in [6.07, 6.45) is 0. The second-order valence-corrected chi connectivity index (χ2v) is 7.96. The van der Waals surface area contributed by atoms with E-state index in [1.165, 1.54) is 0 Å². The molecule has 9 heteroatoms. The number of esters is 1. The van der Waals surface area contributed by atoms with Gasteiger partial charge in [0, 0.05) is 0 Å². The number of halogens is 1. The highest BCUT2D eigenvalue weighted by Crippen LogP contribution is 2.17. The topological polar surface area (TPSA) is 116 Å². The Bertz CT molecular complexity index is 1020. The average Bonchev–Trinajstić information content (AvgIpc) is 2.61. The third-order valence-corrected chi connectivity index (χ3v) is 5.14. The number of rotatable bonds is 6. The number of sulfonamides is 1. The lowest BCUT2D eigenvalue weighted by Gasteiger charge is -2.16. The Morgan fingerprint density at radius 1 is 1.14 bits per heavy atom. The lowest BCUT2D eigenvalue weighted by Crippen LogP contribution is -2.31. The van der Waals surface area contributed by atoms with Gasteiger partial charge in [0.15, 0.2) is 6.61 Å². The summed E-state index contributed by atoms with van der Waals surface area (Å²) in [7, 11) is -4.11. The van der Waals surface area contributed by atoms with E-state index in [0.717, 1.165) is 34.9 Å². The van der Waals surface area contributed by atoms with Crippen molar-refractivity contribution < 1.29 is 27.1 Å². The molecule has 0 aromatic heterocycles. The molecule has 0 heterocycles. The average molecular weight is 408 g/mol. The Morgan fingerprint density at radius 2 is 1.82 bits per heavy atom. The van der Waals surface area contributed by atoms with Gasteiger partial charge in [-0.2, -0.15) is 0 Å². The Hall–Kier alpha value is -2.78. The minimum atomic E-state index is -4.11. The van der Waals surface area contributed by atoms with Crippen molar-refractivity contribution in [3.05, 3.63) is 64.5 Å². The van der Waals surface area contributed by atoms with Crippen molar-refractivity contribution in [2.24, 2.45) is 5.14 Å². The van der Waals surface area contributed by atoms with E-state index in [1.807, 2.05) is 32.0 Å². The molecule has 2 rings (SSSR count). The fourth-order valence-corrected chi connectivity index (χ4v) is 2.99. The summed E-state index contributed by atoms with van der Waals surface area (Å²) in [5.74, 6) is -2.74. The number of aryl methyl sites for hydroxylation is 2. The Kier molecular flexibility index (Phi) is 6.52. The van der Waals surface area contributed by atoms with Crippen molar-refractivity contribution in [3.63, 3.8) is 0 Å². The maximum atomic E-state index is 13.8. The van der Waals surface area contributed by atoms with Crippen molar-refractivity contribution >= 4 is 21.9 Å². The van der Waals surface area contributed by atoms with Gasteiger partial charge in [-0.25, -0.2) is 22.7 Å². The first kappa shape index (κ1) is 21.5. The van der Waals surface area contributed by atoms with Crippen LogP contribution >= 0.6 is 0 Å². The van der Waals surface area contributed by atoms with E-state index in [2.05, 4.69) is 5.32 Å². The highest BCUT2D eigenvalue weighted by atomic mass is 32.2. The quantitative estimate of drug-likeness (QED) is 0.711. The molecule has 0 radical (unpaired) electrons. The minimum absolute atomic E-state index is 0.326. The zero-order chi connectivity index (χ0) is 21.1. The molecule has 0 saturated heterocycles. The molecule has 2 aromatic rings. The van der Waals surface area contributed by atoms with Crippen LogP contribution in [0.5, 0.6) is 0 Å². The largest absolute Gasteiger partial charge is 0.452 e. The summed E-state index contributed by atoms with van der Waals surface area (Å²) in [6, 6.07) is 7.93. The van der Waals surface area contributed by atoms with Crippen LogP contribution in [0.3, 0.4) is 0 Å². The molecule has 7 nitrogen and oxygen atoms in total. The highest BCUT2D eigenvalue weighted by Gasteiger charge is 2.19. The van der Waals surface area contributed by atoms with Crippen LogP contribution in [0, 0.1) is 19.7 Å². The highest BCUT2D eigenvalue weighted by molar-refractivity contribution is 7.89. The van der Waals surface area contributed by atoms with E-state index in [1.54, 1.807) is 6.92 Å². The summed E-state index contributed by atoms with van der Waals surface area (Å²) < 4.78 is 41.2. The molecule has 0 aliphatic heterocycles. The number of primary sulfonamides is 1. The van der Waals surface area contributed by atoms with Gasteiger partial charge in [0.05, 0.1) is 16.5 Å². The van der Waals surface area contributed by atoms with Crippen LogP contribution in [-0.4, -0.2) is 26.9 Å². The molecule has 0 aliphatic rings. The fourth-order valence-electron chi connectivity index (χ4n) is 2.45. The second-order valence-electron chi connectivity index (χ2n) is 6.40. The number of carbonyl (C=O) groups excluding carboxylic acids is 2. The van der Waals surface area contributed by atoms with Crippen LogP contribution in [-0.2, 0) is 19.6 Å². The van der Waals surface area contributed by atoms with E-state index in [4.69, 9.17) is 9.88 Å². The van der Waals surface area contributed by atoms with E-state index < -0.39 is 44.8 Å². The van der Waals surface area contributed by atoms with E-state index in [-0.39, 0.29) is 6.04 Å². The first-order valence-electron chi connectivity index (χ1n) is 8.35. The van der Waals surface area contributed by atoms with Crippen LogP contribution in [0.1, 0.15) is 40.0 Å². The monoisotopic (exact) mass is 408 g/mol. The SMILES string of the molecule is Cc1ccc(C(C)NC(=O)COC(=O)c2cc(S(N)(=O)=O)ccc2F)cc1C. The molecule has 0 fully saturated rings. The molecule has 0 bridgehead atoms. The number of ether oxygens (including phenoxy) is 1. The third kappa shape index (κ3) is 5.37. The predicted molar refractivity (Wildman–Crippen MR) is 101 cm³/mol. The molecule has 0 aliphatic carbocycles. The smallest absolute Gasteiger partial charge is 0.341 e. The number of hydrogen-bond acceptors (Lipinski definition) is 5. The number of hydrogen-bond donors (Lipinski definition) is 2. The Morgan fingerprint density at radius 3 is 2.43 bits per heavy atom. The number of benzene rings is 2. The summed E-state index contributed by atoms with van der Waals surface area (Å²) in [5, 5.41) is 7.64. The summed E-state index contributed by atoms with van der Waals surface area (Å²) >= 11 is 0. The van der Waals surface area contributed by atoms with Crippen LogP contribution in [0.15, 0.2) is 41.3 Å². The molecule has 0 spiro atoms. The normalized spacial score (nSPS) is 12.3. The van der Waals surface area contributed by atoms with Crippen LogP contribution in [0.4, 0.5) is 4.39 Å². The van der Waals surface area contributed by atoms with Crippen molar-refractivity contribution in [2.75, 3.05) is 6.61 Å². The molecule has 2 aromatic carbocycles. The van der Waals surface area contributed by atoms with Gasteiger partial charge in [-0.1, -0.05) is 18.2 Å². The van der Waals surface area contributed by atoms with Crippen LogP contribution in [0.2, 0.25) is 0 Å². The van der Waals surface area contributed by atoms with Crippen molar-refractivity contribution in [3.8, 4) is 0 Å². The number of carbonyl (C=O) groups is 2. The van der Waals surface area contributed by atoms with Gasteiger partial charge >= 0.3 is 5.97 Å². The van der Waals surface area contributed by atoms with Gasteiger partial charge in [-0.3, -0.25) is 4.79 Å². The Balaban J connectivity index is 2.00. The standard InChI is InChI=1S/C19H21FN2O5S/c1-11-4-5-14(8-12(11)2)13(3)22-18(23)10-27-19(24)16-9-15(28(21,25)26)6-7-17(16)20/h4-9,13H,10H2,1-3H3,(H,22,23)(H2,21,25,26). The van der Waals surface area contributed by atoms with Gasteiger partial charge in [0.2, 0.25) is 10.0 Å². The lowest BCUT2D eigenvalue weighted by molar-refractivity contribution is -0.124. The second kappa shape index (κ2) is 8.49. The summed E-state index contributed by atoms with van der Waals surface area (Å²) in [6.45, 7) is 5.07. The summed E-state index contributed by atoms with van der Waals surface area (Å²) in [4.78, 5) is 23.6. The van der Waals surface area contributed by atoms with Gasteiger partial charge < -0.3 is 10.1 Å². The zero-order valence-corrected chi connectivity index (χ0v) is 16.5.